The number of hydrogen-bond acceptors (Lipinski definition) is 3. The molecule has 2 amide bonds. The van der Waals surface area contributed by atoms with Gasteiger partial charge in [-0.3, -0.25) is 0 Å². The van der Waals surface area contributed by atoms with Gasteiger partial charge in [0.05, 0.1) is 6.10 Å². The van der Waals surface area contributed by atoms with Gasteiger partial charge in [-0.1, -0.05) is 26.7 Å². The molecule has 3 unspecified atom stereocenters. The van der Waals surface area contributed by atoms with Crippen LogP contribution in [0.2, 0.25) is 0 Å². The van der Waals surface area contributed by atoms with Crippen LogP contribution in [0.5, 0.6) is 0 Å². The van der Waals surface area contributed by atoms with Crippen LogP contribution in [0.1, 0.15) is 52.4 Å². The van der Waals surface area contributed by atoms with Gasteiger partial charge in [0, 0.05) is 17.8 Å². The van der Waals surface area contributed by atoms with E-state index in [9.17, 15) is 9.90 Å². The monoisotopic (exact) mass is 288 g/mol. The van der Waals surface area contributed by atoms with Crippen LogP contribution in [-0.4, -0.2) is 40.8 Å². The van der Waals surface area contributed by atoms with Crippen LogP contribution in [0.4, 0.5) is 4.79 Å². The van der Waals surface area contributed by atoms with Gasteiger partial charge >= 0.3 is 6.03 Å². The van der Waals surface area contributed by atoms with Crippen molar-refractivity contribution < 1.29 is 9.90 Å². The lowest BCUT2D eigenvalue weighted by molar-refractivity contribution is 0.160. The molecule has 0 bridgehead atoms. The SMILES string of the molecule is CCSC1CCCCC1NC(=O)NCCC(O)CC. The summed E-state index contributed by atoms with van der Waals surface area (Å²) >= 11 is 1.95. The highest BCUT2D eigenvalue weighted by molar-refractivity contribution is 7.99. The molecule has 0 aliphatic heterocycles. The number of rotatable bonds is 7. The van der Waals surface area contributed by atoms with Crippen molar-refractivity contribution in [3.8, 4) is 0 Å². The average Bonchev–Trinajstić information content (AvgIpc) is 2.41. The molecular formula is C14H28N2O2S. The van der Waals surface area contributed by atoms with E-state index in [2.05, 4.69) is 17.6 Å². The standard InChI is InChI=1S/C14H28N2O2S/c1-3-11(17)9-10-15-14(18)16-12-7-5-6-8-13(12)19-4-2/h11-13,17H,3-10H2,1-2H3,(H2,15,16,18). The Labute approximate surface area is 121 Å². The maximum absolute atomic E-state index is 11.8. The van der Waals surface area contributed by atoms with Gasteiger partial charge < -0.3 is 15.7 Å². The predicted octanol–water partition coefficient (Wildman–Crippen LogP) is 2.51. The average molecular weight is 288 g/mol. The zero-order valence-electron chi connectivity index (χ0n) is 12.2. The minimum atomic E-state index is -0.307. The molecule has 3 atom stereocenters. The fraction of sp³-hybridized carbons (Fsp3) is 0.929. The van der Waals surface area contributed by atoms with E-state index < -0.39 is 0 Å². The molecule has 1 fully saturated rings. The van der Waals surface area contributed by atoms with E-state index >= 15 is 0 Å². The van der Waals surface area contributed by atoms with Crippen molar-refractivity contribution in [2.75, 3.05) is 12.3 Å². The van der Waals surface area contributed by atoms with E-state index in [1.807, 2.05) is 18.7 Å². The number of amides is 2. The summed E-state index contributed by atoms with van der Waals surface area (Å²) in [4.78, 5) is 11.8. The fourth-order valence-electron chi connectivity index (χ4n) is 2.45. The highest BCUT2D eigenvalue weighted by Crippen LogP contribution is 2.28. The van der Waals surface area contributed by atoms with Crippen molar-refractivity contribution in [2.24, 2.45) is 0 Å². The zero-order valence-corrected chi connectivity index (χ0v) is 13.0. The number of thioether (sulfide) groups is 1. The summed E-state index contributed by atoms with van der Waals surface area (Å²) in [7, 11) is 0. The molecule has 5 heteroatoms. The zero-order chi connectivity index (χ0) is 14.1. The van der Waals surface area contributed by atoms with Crippen molar-refractivity contribution in [1.29, 1.82) is 0 Å². The van der Waals surface area contributed by atoms with Crippen LogP contribution in [0.25, 0.3) is 0 Å². The summed E-state index contributed by atoms with van der Waals surface area (Å²) in [6, 6.07) is 0.215. The molecule has 0 aromatic heterocycles. The molecule has 0 spiro atoms. The van der Waals surface area contributed by atoms with Gasteiger partial charge in [0.1, 0.15) is 0 Å². The third kappa shape index (κ3) is 6.52. The summed E-state index contributed by atoms with van der Waals surface area (Å²) < 4.78 is 0. The molecular weight excluding hydrogens is 260 g/mol. The lowest BCUT2D eigenvalue weighted by Crippen LogP contribution is -2.48. The molecule has 1 aliphatic rings. The number of carbonyl (C=O) groups excluding carboxylic acids is 1. The molecule has 112 valence electrons. The Balaban J connectivity index is 2.25. The second-order valence-corrected chi connectivity index (χ2v) is 6.65. The highest BCUT2D eigenvalue weighted by atomic mass is 32.2. The first kappa shape index (κ1) is 16.6. The Kier molecular flexibility index (Phi) is 8.30. The first-order valence-corrected chi connectivity index (χ1v) is 8.56. The Morgan fingerprint density at radius 1 is 1.37 bits per heavy atom. The maximum Gasteiger partial charge on any atom is 0.315 e. The van der Waals surface area contributed by atoms with Gasteiger partial charge in [-0.05, 0) is 31.4 Å². The van der Waals surface area contributed by atoms with Gasteiger partial charge in [-0.15, -0.1) is 0 Å². The number of nitrogens with one attached hydrogen (secondary N) is 2. The topological polar surface area (TPSA) is 61.4 Å². The van der Waals surface area contributed by atoms with Crippen molar-refractivity contribution in [3.05, 3.63) is 0 Å². The van der Waals surface area contributed by atoms with Crippen LogP contribution >= 0.6 is 11.8 Å². The molecule has 0 saturated heterocycles. The second-order valence-electron chi connectivity index (χ2n) is 5.14. The van der Waals surface area contributed by atoms with E-state index in [1.54, 1.807) is 0 Å². The lowest BCUT2D eigenvalue weighted by Gasteiger charge is -2.31. The Morgan fingerprint density at radius 3 is 2.79 bits per heavy atom. The minimum Gasteiger partial charge on any atom is -0.393 e. The van der Waals surface area contributed by atoms with Gasteiger partial charge in [0.25, 0.3) is 0 Å². The molecule has 0 radical (unpaired) electrons. The third-order valence-corrected chi connectivity index (χ3v) is 4.96. The van der Waals surface area contributed by atoms with E-state index in [1.165, 1.54) is 19.3 Å². The number of urea groups is 1. The first-order chi connectivity index (χ1) is 9.17. The molecule has 19 heavy (non-hydrogen) atoms. The molecule has 0 aromatic rings. The quantitative estimate of drug-likeness (QED) is 0.674. The number of aliphatic hydroxyl groups is 1. The van der Waals surface area contributed by atoms with Gasteiger partial charge in [-0.2, -0.15) is 11.8 Å². The number of aliphatic hydroxyl groups excluding tert-OH is 1. The summed E-state index contributed by atoms with van der Waals surface area (Å²) in [5, 5.41) is 15.9. The lowest BCUT2D eigenvalue weighted by atomic mass is 9.95. The van der Waals surface area contributed by atoms with Gasteiger partial charge in [0.2, 0.25) is 0 Å². The van der Waals surface area contributed by atoms with Crippen molar-refractivity contribution in [2.45, 2.75) is 69.8 Å². The number of hydrogen-bond donors (Lipinski definition) is 3. The molecule has 0 heterocycles. The smallest absolute Gasteiger partial charge is 0.315 e. The van der Waals surface area contributed by atoms with E-state index in [0.29, 0.717) is 24.3 Å². The van der Waals surface area contributed by atoms with Crippen molar-refractivity contribution in [3.63, 3.8) is 0 Å². The highest BCUT2D eigenvalue weighted by Gasteiger charge is 2.26. The van der Waals surface area contributed by atoms with Gasteiger partial charge in [0.15, 0.2) is 0 Å². The summed E-state index contributed by atoms with van der Waals surface area (Å²) in [6.45, 7) is 4.65. The van der Waals surface area contributed by atoms with Crippen LogP contribution in [0.15, 0.2) is 0 Å². The normalized spacial score (nSPS) is 24.8. The van der Waals surface area contributed by atoms with Crippen LogP contribution in [-0.2, 0) is 0 Å². The van der Waals surface area contributed by atoms with Gasteiger partial charge in [-0.25, -0.2) is 4.79 Å². The Bertz CT molecular complexity index is 262. The molecule has 3 N–H and O–H groups in total. The van der Waals surface area contributed by atoms with Crippen LogP contribution in [0.3, 0.4) is 0 Å². The molecule has 1 aliphatic carbocycles. The second kappa shape index (κ2) is 9.48. The Hall–Kier alpha value is -0.420. The van der Waals surface area contributed by atoms with E-state index in [4.69, 9.17) is 0 Å². The molecule has 1 rings (SSSR count). The molecule has 4 nitrogen and oxygen atoms in total. The fourth-order valence-corrected chi connectivity index (χ4v) is 3.65. The minimum absolute atomic E-state index is 0.0862. The summed E-state index contributed by atoms with van der Waals surface area (Å²) in [6.07, 6.45) is 5.84. The van der Waals surface area contributed by atoms with Crippen LogP contribution < -0.4 is 10.6 Å². The maximum atomic E-state index is 11.8. The summed E-state index contributed by atoms with van der Waals surface area (Å²) in [5.74, 6) is 1.10. The number of carbonyl (C=O) groups is 1. The van der Waals surface area contributed by atoms with E-state index in [0.717, 1.165) is 18.6 Å². The summed E-state index contributed by atoms with van der Waals surface area (Å²) in [5.41, 5.74) is 0. The Morgan fingerprint density at radius 2 is 2.11 bits per heavy atom. The molecule has 1 saturated carbocycles. The van der Waals surface area contributed by atoms with E-state index in [-0.39, 0.29) is 12.1 Å². The van der Waals surface area contributed by atoms with Crippen molar-refractivity contribution >= 4 is 17.8 Å². The van der Waals surface area contributed by atoms with Crippen molar-refractivity contribution in [1.82, 2.24) is 10.6 Å². The predicted molar refractivity (Wildman–Crippen MR) is 81.6 cm³/mol. The van der Waals surface area contributed by atoms with Crippen LogP contribution in [0, 0.1) is 0 Å². The molecule has 0 aromatic carbocycles. The third-order valence-electron chi connectivity index (χ3n) is 3.63. The largest absolute Gasteiger partial charge is 0.393 e. The first-order valence-electron chi connectivity index (χ1n) is 7.51.